The molecule has 0 unspecified atom stereocenters. The largest absolute Gasteiger partial charge is 0.465 e. The van der Waals surface area contributed by atoms with Crippen LogP contribution in [-0.2, 0) is 4.74 Å². The lowest BCUT2D eigenvalue weighted by molar-refractivity contribution is 0.0607. The van der Waals surface area contributed by atoms with Gasteiger partial charge in [-0.2, -0.15) is 0 Å². The summed E-state index contributed by atoms with van der Waals surface area (Å²) in [6, 6.07) is 0. The number of thiazole rings is 1. The zero-order valence-electron chi connectivity index (χ0n) is 9.23. The van der Waals surface area contributed by atoms with Gasteiger partial charge in [-0.3, -0.25) is 0 Å². The first-order chi connectivity index (χ1) is 7.72. The third kappa shape index (κ3) is 2.11. The number of methoxy groups -OCH3 is 1. The van der Waals surface area contributed by atoms with Crippen LogP contribution in [0.2, 0.25) is 0 Å². The molecule has 0 amide bonds. The highest BCUT2D eigenvalue weighted by molar-refractivity contribution is 7.18. The van der Waals surface area contributed by atoms with Crippen LogP contribution in [0.15, 0.2) is 0 Å². The van der Waals surface area contributed by atoms with E-state index in [0.717, 1.165) is 18.2 Å². The molecular weight excluding hydrogens is 226 g/mol. The quantitative estimate of drug-likeness (QED) is 0.795. The molecule has 1 fully saturated rings. The van der Waals surface area contributed by atoms with E-state index in [0.29, 0.717) is 4.88 Å². The number of nitrogens with zero attached hydrogens (tertiary/aromatic N) is 2. The van der Waals surface area contributed by atoms with Crippen molar-refractivity contribution >= 4 is 28.3 Å². The second-order valence-electron chi connectivity index (χ2n) is 3.75. The summed E-state index contributed by atoms with van der Waals surface area (Å²) < 4.78 is 4.65. The van der Waals surface area contributed by atoms with Crippen molar-refractivity contribution in [3.05, 3.63) is 4.88 Å². The van der Waals surface area contributed by atoms with Crippen LogP contribution in [0, 0.1) is 0 Å². The Hall–Kier alpha value is -1.30. The van der Waals surface area contributed by atoms with Crippen LogP contribution in [0.4, 0.5) is 10.9 Å². The Labute approximate surface area is 98.2 Å². The van der Waals surface area contributed by atoms with Gasteiger partial charge in [0.2, 0.25) is 0 Å². The van der Waals surface area contributed by atoms with Gasteiger partial charge in [-0.05, 0) is 19.3 Å². The maximum atomic E-state index is 11.4. The van der Waals surface area contributed by atoms with E-state index in [1.807, 2.05) is 0 Å². The molecule has 1 aromatic rings. The van der Waals surface area contributed by atoms with E-state index in [1.54, 1.807) is 0 Å². The van der Waals surface area contributed by atoms with Gasteiger partial charge < -0.3 is 15.4 Å². The fourth-order valence-electron chi connectivity index (χ4n) is 1.78. The van der Waals surface area contributed by atoms with Crippen LogP contribution in [0.1, 0.15) is 28.9 Å². The summed E-state index contributed by atoms with van der Waals surface area (Å²) in [7, 11) is 1.35. The molecule has 0 radical (unpaired) electrons. The maximum Gasteiger partial charge on any atom is 0.351 e. The molecule has 0 bridgehead atoms. The van der Waals surface area contributed by atoms with Crippen molar-refractivity contribution in [2.45, 2.75) is 19.3 Å². The van der Waals surface area contributed by atoms with Crippen LogP contribution < -0.4 is 10.6 Å². The zero-order chi connectivity index (χ0) is 11.5. The summed E-state index contributed by atoms with van der Waals surface area (Å²) in [5.74, 6) is -0.129. The van der Waals surface area contributed by atoms with E-state index in [2.05, 4.69) is 14.6 Å². The standard InChI is InChI=1S/C10H15N3O2S/c1-15-9(14)7-8(11)12-10(16-7)13-5-3-2-4-6-13/h2-6,11H2,1H3. The Morgan fingerprint density at radius 3 is 2.75 bits per heavy atom. The number of carbonyl (C=O) groups excluding carboxylic acids is 1. The molecule has 88 valence electrons. The molecule has 5 nitrogen and oxygen atoms in total. The molecule has 1 aliphatic rings. The Bertz CT molecular complexity index is 385. The number of aromatic nitrogens is 1. The summed E-state index contributed by atoms with van der Waals surface area (Å²) in [4.78, 5) is 18.2. The van der Waals surface area contributed by atoms with Crippen molar-refractivity contribution in [3.63, 3.8) is 0 Å². The average Bonchev–Trinajstić information content (AvgIpc) is 2.71. The number of nitrogen functional groups attached to an aromatic ring is 1. The maximum absolute atomic E-state index is 11.4. The number of nitrogens with two attached hydrogens (primary N) is 1. The number of esters is 1. The van der Waals surface area contributed by atoms with E-state index in [9.17, 15) is 4.79 Å². The summed E-state index contributed by atoms with van der Waals surface area (Å²) in [6.07, 6.45) is 3.61. The minimum atomic E-state index is -0.404. The first-order valence-electron chi connectivity index (χ1n) is 5.32. The van der Waals surface area contributed by atoms with E-state index in [1.165, 1.54) is 37.7 Å². The molecule has 2 rings (SSSR count). The van der Waals surface area contributed by atoms with Crippen LogP contribution >= 0.6 is 11.3 Å². The zero-order valence-corrected chi connectivity index (χ0v) is 10.0. The fourth-order valence-corrected chi connectivity index (χ4v) is 2.73. The summed E-state index contributed by atoms with van der Waals surface area (Å²) in [5, 5.41) is 0.831. The van der Waals surface area contributed by atoms with Crippen LogP contribution in [0.3, 0.4) is 0 Å². The molecule has 16 heavy (non-hydrogen) atoms. The third-order valence-corrected chi connectivity index (χ3v) is 3.75. The van der Waals surface area contributed by atoms with Crippen LogP contribution in [0.5, 0.6) is 0 Å². The van der Waals surface area contributed by atoms with Gasteiger partial charge in [0.05, 0.1) is 7.11 Å². The second-order valence-corrected chi connectivity index (χ2v) is 4.73. The SMILES string of the molecule is COC(=O)c1sc(N2CCCCC2)nc1N. The number of ether oxygens (including phenoxy) is 1. The van der Waals surface area contributed by atoms with E-state index in [-0.39, 0.29) is 5.82 Å². The number of rotatable bonds is 2. The molecule has 1 aliphatic heterocycles. The predicted octanol–water partition coefficient (Wildman–Crippen LogP) is 1.50. The highest BCUT2D eigenvalue weighted by Gasteiger charge is 2.20. The molecule has 1 saturated heterocycles. The predicted molar refractivity (Wildman–Crippen MR) is 63.9 cm³/mol. The van der Waals surface area contributed by atoms with Crippen molar-refractivity contribution in [1.82, 2.24) is 4.98 Å². The molecule has 0 aliphatic carbocycles. The lowest BCUT2D eigenvalue weighted by Crippen LogP contribution is -2.29. The minimum absolute atomic E-state index is 0.275. The topological polar surface area (TPSA) is 68.5 Å². The first kappa shape index (κ1) is 11.2. The van der Waals surface area contributed by atoms with Crippen molar-refractivity contribution in [2.24, 2.45) is 0 Å². The number of carbonyl (C=O) groups is 1. The Morgan fingerprint density at radius 1 is 1.44 bits per heavy atom. The van der Waals surface area contributed by atoms with Gasteiger partial charge in [0.1, 0.15) is 0 Å². The van der Waals surface area contributed by atoms with Crippen molar-refractivity contribution in [1.29, 1.82) is 0 Å². The summed E-state index contributed by atoms with van der Waals surface area (Å²) in [6.45, 7) is 1.99. The highest BCUT2D eigenvalue weighted by Crippen LogP contribution is 2.30. The molecule has 1 aromatic heterocycles. The molecule has 0 saturated carbocycles. The van der Waals surface area contributed by atoms with Gasteiger partial charge in [-0.15, -0.1) is 0 Å². The van der Waals surface area contributed by atoms with Gasteiger partial charge in [0.15, 0.2) is 15.8 Å². The van der Waals surface area contributed by atoms with E-state index in [4.69, 9.17) is 5.73 Å². The minimum Gasteiger partial charge on any atom is -0.465 e. The van der Waals surface area contributed by atoms with Gasteiger partial charge in [-0.1, -0.05) is 11.3 Å². The Kier molecular flexibility index (Phi) is 3.28. The van der Waals surface area contributed by atoms with Gasteiger partial charge in [0, 0.05) is 13.1 Å². The first-order valence-corrected chi connectivity index (χ1v) is 6.13. The molecule has 6 heteroatoms. The lowest BCUT2D eigenvalue weighted by atomic mass is 10.1. The highest BCUT2D eigenvalue weighted by atomic mass is 32.1. The van der Waals surface area contributed by atoms with E-state index < -0.39 is 5.97 Å². The van der Waals surface area contributed by atoms with E-state index >= 15 is 0 Å². The molecule has 0 aromatic carbocycles. The molecule has 0 atom stereocenters. The molecular formula is C10H15N3O2S. The normalized spacial score (nSPS) is 16.2. The third-order valence-electron chi connectivity index (χ3n) is 2.64. The molecule has 2 N–H and O–H groups in total. The monoisotopic (exact) mass is 241 g/mol. The van der Waals surface area contributed by atoms with Crippen molar-refractivity contribution in [3.8, 4) is 0 Å². The fraction of sp³-hybridized carbons (Fsp3) is 0.600. The van der Waals surface area contributed by atoms with Crippen LogP contribution in [-0.4, -0.2) is 31.2 Å². The van der Waals surface area contributed by atoms with Crippen molar-refractivity contribution in [2.75, 3.05) is 30.8 Å². The number of piperidine rings is 1. The second kappa shape index (κ2) is 4.69. The van der Waals surface area contributed by atoms with Crippen LogP contribution in [0.25, 0.3) is 0 Å². The number of hydrogen-bond acceptors (Lipinski definition) is 6. The average molecular weight is 241 g/mol. The smallest absolute Gasteiger partial charge is 0.351 e. The van der Waals surface area contributed by atoms with Crippen molar-refractivity contribution < 1.29 is 9.53 Å². The Balaban J connectivity index is 2.19. The summed E-state index contributed by atoms with van der Waals surface area (Å²) >= 11 is 1.31. The van der Waals surface area contributed by atoms with Gasteiger partial charge >= 0.3 is 5.97 Å². The summed E-state index contributed by atoms with van der Waals surface area (Å²) in [5.41, 5.74) is 5.70. The lowest BCUT2D eigenvalue weighted by Gasteiger charge is -2.25. The number of hydrogen-bond donors (Lipinski definition) is 1. The molecule has 0 spiro atoms. The Morgan fingerprint density at radius 2 is 2.12 bits per heavy atom. The number of anilines is 2. The van der Waals surface area contributed by atoms with Gasteiger partial charge in [0.25, 0.3) is 0 Å². The molecule has 2 heterocycles. The van der Waals surface area contributed by atoms with Gasteiger partial charge in [-0.25, -0.2) is 9.78 Å².